The molecule has 3 rings (SSSR count). The maximum absolute atomic E-state index is 12.1. The molecule has 1 atom stereocenters. The summed E-state index contributed by atoms with van der Waals surface area (Å²) in [6, 6.07) is 12.4. The zero-order valence-electron chi connectivity index (χ0n) is 13.1. The van der Waals surface area contributed by atoms with Gasteiger partial charge in [-0.1, -0.05) is 23.7 Å². The molecule has 0 bridgehead atoms. The average molecular weight is 345 g/mol. The third-order valence-corrected chi connectivity index (χ3v) is 4.00. The van der Waals surface area contributed by atoms with E-state index in [1.165, 1.54) is 0 Å². The zero-order valence-corrected chi connectivity index (χ0v) is 13.9. The van der Waals surface area contributed by atoms with E-state index in [1.807, 2.05) is 18.2 Å². The van der Waals surface area contributed by atoms with Gasteiger partial charge in [0.25, 0.3) is 11.8 Å². The van der Waals surface area contributed by atoms with Crippen LogP contribution in [0.4, 0.5) is 5.69 Å². The van der Waals surface area contributed by atoms with Crippen LogP contribution in [0, 0.1) is 0 Å². The largest absolute Gasteiger partial charge is 0.479 e. The number of fused-ring (bicyclic) bond motifs is 1. The summed E-state index contributed by atoms with van der Waals surface area (Å²) in [6.07, 6.45) is 0.158. The lowest BCUT2D eigenvalue weighted by Crippen LogP contribution is -2.34. The van der Waals surface area contributed by atoms with E-state index in [4.69, 9.17) is 16.3 Å². The molecule has 1 unspecified atom stereocenters. The Morgan fingerprint density at radius 2 is 2.12 bits per heavy atom. The number of hydrogen-bond donors (Lipinski definition) is 2. The summed E-state index contributed by atoms with van der Waals surface area (Å²) < 4.78 is 5.52. The summed E-state index contributed by atoms with van der Waals surface area (Å²) in [4.78, 5) is 23.7. The summed E-state index contributed by atoms with van der Waals surface area (Å²) in [5.74, 6) is 0.337. The van der Waals surface area contributed by atoms with Gasteiger partial charge in [-0.05, 0) is 49.2 Å². The SMILES string of the molecule is CC1Oc2ccc(CCNC(=O)c3cccc(Cl)c3)cc2NC1=O. The minimum absolute atomic E-state index is 0.158. The number of hydrogen-bond acceptors (Lipinski definition) is 3. The first kappa shape index (κ1) is 16.3. The summed E-state index contributed by atoms with van der Waals surface area (Å²) in [5.41, 5.74) is 2.19. The fraction of sp³-hybridized carbons (Fsp3) is 0.222. The standard InChI is InChI=1S/C18H17ClN2O3/c1-11-17(22)21-15-9-12(5-6-16(15)24-11)7-8-20-18(23)13-3-2-4-14(19)10-13/h2-6,9-11H,7-8H2,1H3,(H,20,23)(H,21,22). The van der Waals surface area contributed by atoms with Crippen molar-refractivity contribution in [1.82, 2.24) is 5.32 Å². The van der Waals surface area contributed by atoms with E-state index in [1.54, 1.807) is 31.2 Å². The highest BCUT2D eigenvalue weighted by Crippen LogP contribution is 2.30. The molecular formula is C18H17ClN2O3. The molecule has 0 aliphatic carbocycles. The van der Waals surface area contributed by atoms with Crippen LogP contribution in [0.2, 0.25) is 5.02 Å². The Hall–Kier alpha value is -2.53. The molecule has 124 valence electrons. The molecule has 5 nitrogen and oxygen atoms in total. The Morgan fingerprint density at radius 1 is 1.29 bits per heavy atom. The van der Waals surface area contributed by atoms with Crippen LogP contribution in [-0.2, 0) is 11.2 Å². The summed E-state index contributed by atoms with van der Waals surface area (Å²) >= 11 is 5.88. The van der Waals surface area contributed by atoms with Crippen LogP contribution in [0.25, 0.3) is 0 Å². The molecule has 6 heteroatoms. The lowest BCUT2D eigenvalue weighted by Gasteiger charge is -2.23. The van der Waals surface area contributed by atoms with E-state index in [0.29, 0.717) is 35.0 Å². The fourth-order valence-corrected chi connectivity index (χ4v) is 2.65. The summed E-state index contributed by atoms with van der Waals surface area (Å²) in [7, 11) is 0. The number of nitrogens with one attached hydrogen (secondary N) is 2. The number of halogens is 1. The second kappa shape index (κ2) is 6.93. The molecule has 2 aromatic rings. The quantitative estimate of drug-likeness (QED) is 0.895. The van der Waals surface area contributed by atoms with Crippen LogP contribution in [0.5, 0.6) is 5.75 Å². The van der Waals surface area contributed by atoms with Crippen molar-refractivity contribution in [3.05, 3.63) is 58.6 Å². The van der Waals surface area contributed by atoms with E-state index < -0.39 is 6.10 Å². The molecule has 24 heavy (non-hydrogen) atoms. The van der Waals surface area contributed by atoms with Crippen molar-refractivity contribution < 1.29 is 14.3 Å². The number of benzene rings is 2. The predicted octanol–water partition coefficient (Wildman–Crippen LogP) is 3.03. The fourth-order valence-electron chi connectivity index (χ4n) is 2.46. The van der Waals surface area contributed by atoms with Crippen LogP contribution in [0.3, 0.4) is 0 Å². The van der Waals surface area contributed by atoms with Gasteiger partial charge in [0.05, 0.1) is 5.69 Å². The third kappa shape index (κ3) is 3.68. The zero-order chi connectivity index (χ0) is 17.1. The Morgan fingerprint density at radius 3 is 2.92 bits per heavy atom. The van der Waals surface area contributed by atoms with E-state index in [-0.39, 0.29) is 11.8 Å². The van der Waals surface area contributed by atoms with Crippen molar-refractivity contribution in [3.8, 4) is 5.75 Å². The second-order valence-corrected chi connectivity index (χ2v) is 6.03. The van der Waals surface area contributed by atoms with Crippen molar-refractivity contribution in [2.24, 2.45) is 0 Å². The van der Waals surface area contributed by atoms with Crippen molar-refractivity contribution in [2.45, 2.75) is 19.4 Å². The molecule has 2 aromatic carbocycles. The first-order chi connectivity index (χ1) is 11.5. The molecule has 0 saturated carbocycles. The topological polar surface area (TPSA) is 67.4 Å². The number of rotatable bonds is 4. The highest BCUT2D eigenvalue weighted by Gasteiger charge is 2.23. The smallest absolute Gasteiger partial charge is 0.265 e. The molecule has 0 saturated heterocycles. The van der Waals surface area contributed by atoms with Gasteiger partial charge >= 0.3 is 0 Å². The lowest BCUT2D eigenvalue weighted by atomic mass is 10.1. The molecule has 2 N–H and O–H groups in total. The monoisotopic (exact) mass is 344 g/mol. The highest BCUT2D eigenvalue weighted by molar-refractivity contribution is 6.30. The first-order valence-corrected chi connectivity index (χ1v) is 8.05. The van der Waals surface area contributed by atoms with Gasteiger partial charge in [-0.15, -0.1) is 0 Å². The maximum atomic E-state index is 12.1. The Labute approximate surface area is 145 Å². The highest BCUT2D eigenvalue weighted by atomic mass is 35.5. The van der Waals surface area contributed by atoms with E-state index in [9.17, 15) is 9.59 Å². The maximum Gasteiger partial charge on any atom is 0.265 e. The van der Waals surface area contributed by atoms with Gasteiger partial charge in [-0.25, -0.2) is 0 Å². The lowest BCUT2D eigenvalue weighted by molar-refractivity contribution is -0.122. The van der Waals surface area contributed by atoms with Gasteiger partial charge in [0.15, 0.2) is 6.10 Å². The van der Waals surface area contributed by atoms with Crippen LogP contribution in [0.1, 0.15) is 22.8 Å². The van der Waals surface area contributed by atoms with Crippen molar-refractivity contribution in [1.29, 1.82) is 0 Å². The number of ether oxygens (including phenoxy) is 1. The summed E-state index contributed by atoms with van der Waals surface area (Å²) in [5, 5.41) is 6.20. The number of anilines is 1. The van der Waals surface area contributed by atoms with Gasteiger partial charge < -0.3 is 15.4 Å². The number of carbonyl (C=O) groups is 2. The van der Waals surface area contributed by atoms with Crippen molar-refractivity contribution in [3.63, 3.8) is 0 Å². The molecule has 1 aliphatic heterocycles. The molecule has 1 heterocycles. The minimum atomic E-state index is -0.486. The van der Waals surface area contributed by atoms with Gasteiger partial charge in [0.1, 0.15) is 5.75 Å². The second-order valence-electron chi connectivity index (χ2n) is 5.60. The van der Waals surface area contributed by atoms with Crippen LogP contribution in [0.15, 0.2) is 42.5 Å². The molecular weight excluding hydrogens is 328 g/mol. The van der Waals surface area contributed by atoms with Gasteiger partial charge in [-0.3, -0.25) is 9.59 Å². The molecule has 0 fully saturated rings. The Bertz CT molecular complexity index is 792. The van der Waals surface area contributed by atoms with Crippen LogP contribution in [-0.4, -0.2) is 24.5 Å². The Kier molecular flexibility index (Phi) is 4.71. The van der Waals surface area contributed by atoms with Gasteiger partial charge in [0, 0.05) is 17.1 Å². The predicted molar refractivity (Wildman–Crippen MR) is 92.7 cm³/mol. The van der Waals surface area contributed by atoms with Crippen molar-refractivity contribution >= 4 is 29.1 Å². The van der Waals surface area contributed by atoms with Gasteiger partial charge in [0.2, 0.25) is 0 Å². The van der Waals surface area contributed by atoms with Crippen molar-refractivity contribution in [2.75, 3.05) is 11.9 Å². The molecule has 0 spiro atoms. The van der Waals surface area contributed by atoms with Gasteiger partial charge in [-0.2, -0.15) is 0 Å². The number of carbonyl (C=O) groups excluding carboxylic acids is 2. The first-order valence-electron chi connectivity index (χ1n) is 7.67. The molecule has 1 aliphatic rings. The van der Waals surface area contributed by atoms with E-state index >= 15 is 0 Å². The normalized spacial score (nSPS) is 15.9. The van der Waals surface area contributed by atoms with Crippen LogP contribution < -0.4 is 15.4 Å². The average Bonchev–Trinajstić information content (AvgIpc) is 2.56. The Balaban J connectivity index is 1.58. The third-order valence-electron chi connectivity index (χ3n) is 3.76. The van der Waals surface area contributed by atoms with E-state index in [0.717, 1.165) is 5.56 Å². The number of amides is 2. The minimum Gasteiger partial charge on any atom is -0.479 e. The summed E-state index contributed by atoms with van der Waals surface area (Å²) in [6.45, 7) is 2.19. The molecule has 0 radical (unpaired) electrons. The van der Waals surface area contributed by atoms with Crippen LogP contribution >= 0.6 is 11.6 Å². The molecule has 0 aromatic heterocycles. The molecule has 2 amide bonds. The van der Waals surface area contributed by atoms with E-state index in [2.05, 4.69) is 10.6 Å².